The Morgan fingerprint density at radius 2 is 1.71 bits per heavy atom. The lowest BCUT2D eigenvalue weighted by Gasteiger charge is -2.11. The molecule has 0 aliphatic carbocycles. The van der Waals surface area contributed by atoms with E-state index < -0.39 is 12.2 Å². The molecule has 2 aromatic heterocycles. The highest BCUT2D eigenvalue weighted by molar-refractivity contribution is 5.99. The van der Waals surface area contributed by atoms with Gasteiger partial charge in [-0.1, -0.05) is 42.5 Å². The van der Waals surface area contributed by atoms with Crippen LogP contribution in [0, 0.1) is 0 Å². The van der Waals surface area contributed by atoms with Gasteiger partial charge in [0, 0.05) is 18.5 Å². The van der Waals surface area contributed by atoms with E-state index in [9.17, 15) is 9.59 Å². The van der Waals surface area contributed by atoms with Gasteiger partial charge >= 0.3 is 6.09 Å². The van der Waals surface area contributed by atoms with Crippen LogP contribution < -0.4 is 4.74 Å². The predicted molar refractivity (Wildman–Crippen MR) is 141 cm³/mol. The number of hydrogen-bond donors (Lipinski definition) is 0. The number of imide groups is 1. The zero-order valence-electron chi connectivity index (χ0n) is 20.7. The number of amides is 2. The van der Waals surface area contributed by atoms with Crippen molar-refractivity contribution < 1.29 is 23.5 Å². The molecule has 0 saturated carbocycles. The molecule has 1 aliphatic heterocycles. The molecule has 38 heavy (non-hydrogen) atoms. The maximum atomic E-state index is 12.6. The van der Waals surface area contributed by atoms with E-state index in [0.717, 1.165) is 33.8 Å². The van der Waals surface area contributed by atoms with E-state index in [0.29, 0.717) is 31.0 Å². The van der Waals surface area contributed by atoms with E-state index in [4.69, 9.17) is 13.9 Å². The van der Waals surface area contributed by atoms with E-state index in [1.807, 2.05) is 66.7 Å². The zero-order valence-corrected chi connectivity index (χ0v) is 20.7. The fourth-order valence-corrected chi connectivity index (χ4v) is 4.09. The first-order valence-corrected chi connectivity index (χ1v) is 12.4. The highest BCUT2D eigenvalue weighted by Crippen LogP contribution is 2.22. The van der Waals surface area contributed by atoms with Crippen LogP contribution in [0.15, 0.2) is 89.8 Å². The summed E-state index contributed by atoms with van der Waals surface area (Å²) in [4.78, 5) is 34.3. The summed E-state index contributed by atoms with van der Waals surface area (Å²) in [5, 5.41) is 0. The van der Waals surface area contributed by atoms with Crippen molar-refractivity contribution in [2.75, 3.05) is 0 Å². The SMILES string of the molecule is O=C1OC(CCCc2ccc(OCc3coc(C=Cc4ccccc4)n3)cc2)C(=O)N1Cc1ccncc1. The number of nitrogens with zero attached hydrogens (tertiary/aromatic N) is 3. The van der Waals surface area contributed by atoms with Gasteiger partial charge in [-0.25, -0.2) is 14.7 Å². The maximum Gasteiger partial charge on any atom is 0.417 e. The van der Waals surface area contributed by atoms with Crippen LogP contribution in [0.4, 0.5) is 4.79 Å². The van der Waals surface area contributed by atoms with Crippen LogP contribution in [0.2, 0.25) is 0 Å². The van der Waals surface area contributed by atoms with Gasteiger partial charge in [0.05, 0.1) is 6.54 Å². The smallest absolute Gasteiger partial charge is 0.417 e. The molecule has 1 unspecified atom stereocenters. The number of carbonyl (C=O) groups excluding carboxylic acids is 2. The summed E-state index contributed by atoms with van der Waals surface area (Å²) < 4.78 is 16.6. The van der Waals surface area contributed by atoms with Crippen LogP contribution in [0.1, 0.15) is 41.1 Å². The molecule has 192 valence electrons. The van der Waals surface area contributed by atoms with Crippen LogP contribution in [0.5, 0.6) is 5.75 Å². The molecule has 1 fully saturated rings. The van der Waals surface area contributed by atoms with Crippen molar-refractivity contribution >= 4 is 24.2 Å². The fourth-order valence-electron chi connectivity index (χ4n) is 4.09. The van der Waals surface area contributed by atoms with Crippen molar-refractivity contribution in [1.29, 1.82) is 0 Å². The Labute approximate surface area is 220 Å². The van der Waals surface area contributed by atoms with E-state index in [1.165, 1.54) is 0 Å². The molecule has 0 N–H and O–H groups in total. The number of benzene rings is 2. The molecular formula is C30H27N3O5. The Morgan fingerprint density at radius 3 is 2.50 bits per heavy atom. The van der Waals surface area contributed by atoms with Gasteiger partial charge in [-0.05, 0) is 66.3 Å². The third-order valence-corrected chi connectivity index (χ3v) is 6.12. The van der Waals surface area contributed by atoms with Gasteiger partial charge < -0.3 is 13.9 Å². The van der Waals surface area contributed by atoms with Crippen molar-refractivity contribution in [2.45, 2.75) is 38.5 Å². The first-order valence-electron chi connectivity index (χ1n) is 12.4. The molecule has 1 aliphatic rings. The van der Waals surface area contributed by atoms with Crippen LogP contribution in [-0.4, -0.2) is 33.0 Å². The third kappa shape index (κ3) is 6.53. The van der Waals surface area contributed by atoms with Crippen LogP contribution in [0.25, 0.3) is 12.2 Å². The average molecular weight is 510 g/mol. The molecular weight excluding hydrogens is 482 g/mol. The lowest BCUT2D eigenvalue weighted by molar-refractivity contribution is -0.130. The Kier molecular flexibility index (Phi) is 7.89. The van der Waals surface area contributed by atoms with Crippen LogP contribution in [0.3, 0.4) is 0 Å². The van der Waals surface area contributed by atoms with Crippen molar-refractivity contribution in [1.82, 2.24) is 14.9 Å². The highest BCUT2D eigenvalue weighted by atomic mass is 16.6. The molecule has 0 radical (unpaired) electrons. The summed E-state index contributed by atoms with van der Waals surface area (Å²) in [6.45, 7) is 0.491. The molecule has 8 heteroatoms. The lowest BCUT2D eigenvalue weighted by Crippen LogP contribution is -2.31. The molecule has 3 heterocycles. The monoisotopic (exact) mass is 509 g/mol. The van der Waals surface area contributed by atoms with E-state index >= 15 is 0 Å². The average Bonchev–Trinajstić information content (AvgIpc) is 3.52. The Bertz CT molecular complexity index is 1380. The lowest BCUT2D eigenvalue weighted by atomic mass is 10.1. The normalized spacial score (nSPS) is 15.3. The Hall–Kier alpha value is -4.72. The number of aromatic nitrogens is 2. The number of carbonyl (C=O) groups is 2. The summed E-state index contributed by atoms with van der Waals surface area (Å²) in [6.07, 6.45) is 9.24. The maximum absolute atomic E-state index is 12.6. The number of cyclic esters (lactones) is 1. The number of ether oxygens (including phenoxy) is 2. The molecule has 5 rings (SSSR count). The van der Waals surface area contributed by atoms with Gasteiger partial charge in [-0.2, -0.15) is 0 Å². The number of aryl methyl sites for hydroxylation is 1. The minimum atomic E-state index is -0.734. The molecule has 2 aromatic carbocycles. The molecule has 2 amide bonds. The minimum absolute atomic E-state index is 0.193. The fraction of sp³-hybridized carbons (Fsp3) is 0.200. The van der Waals surface area contributed by atoms with Crippen LogP contribution in [-0.2, 0) is 29.1 Å². The van der Waals surface area contributed by atoms with Crippen molar-refractivity contribution in [3.05, 3.63) is 114 Å². The molecule has 8 nitrogen and oxygen atoms in total. The second-order valence-electron chi connectivity index (χ2n) is 8.90. The quantitative estimate of drug-likeness (QED) is 0.256. The van der Waals surface area contributed by atoms with Gasteiger partial charge in [-0.3, -0.25) is 9.78 Å². The molecule has 1 saturated heterocycles. The second-order valence-corrected chi connectivity index (χ2v) is 8.90. The third-order valence-electron chi connectivity index (χ3n) is 6.12. The van der Waals surface area contributed by atoms with Crippen molar-refractivity contribution in [3.8, 4) is 5.75 Å². The first kappa shape index (κ1) is 25.0. The Balaban J connectivity index is 1.05. The van der Waals surface area contributed by atoms with E-state index in [1.54, 1.807) is 30.8 Å². The van der Waals surface area contributed by atoms with Crippen molar-refractivity contribution in [3.63, 3.8) is 0 Å². The number of oxazole rings is 1. The van der Waals surface area contributed by atoms with E-state index in [-0.39, 0.29) is 12.5 Å². The zero-order chi connectivity index (χ0) is 26.2. The van der Waals surface area contributed by atoms with E-state index in [2.05, 4.69) is 9.97 Å². The van der Waals surface area contributed by atoms with Gasteiger partial charge in [-0.15, -0.1) is 0 Å². The molecule has 4 aromatic rings. The summed E-state index contributed by atoms with van der Waals surface area (Å²) in [6, 6.07) is 21.3. The Morgan fingerprint density at radius 1 is 0.921 bits per heavy atom. The molecule has 0 bridgehead atoms. The van der Waals surface area contributed by atoms with Crippen LogP contribution >= 0.6 is 0 Å². The molecule has 0 spiro atoms. The summed E-state index contributed by atoms with van der Waals surface area (Å²) in [7, 11) is 0. The largest absolute Gasteiger partial charge is 0.487 e. The standard InChI is InChI=1S/C30H27N3O5/c34-29-27(38-30(35)33(29)19-24-15-17-31-18-16-24)8-4-7-23-9-12-26(13-10-23)36-20-25-21-37-28(32-25)14-11-22-5-2-1-3-6-22/h1-3,5-6,9-18,21,27H,4,7-8,19-20H2. The predicted octanol–water partition coefficient (Wildman–Crippen LogP) is 5.69. The molecule has 1 atom stereocenters. The highest BCUT2D eigenvalue weighted by Gasteiger charge is 2.39. The summed E-state index contributed by atoms with van der Waals surface area (Å²) >= 11 is 0. The number of rotatable bonds is 11. The van der Waals surface area contributed by atoms with Crippen molar-refractivity contribution in [2.24, 2.45) is 0 Å². The number of hydrogen-bond acceptors (Lipinski definition) is 7. The topological polar surface area (TPSA) is 94.8 Å². The minimum Gasteiger partial charge on any atom is -0.487 e. The van der Waals surface area contributed by atoms with Gasteiger partial charge in [0.25, 0.3) is 5.91 Å². The summed E-state index contributed by atoms with van der Waals surface area (Å²) in [5.41, 5.74) is 3.72. The van der Waals surface area contributed by atoms with Gasteiger partial charge in [0.15, 0.2) is 6.10 Å². The number of pyridine rings is 1. The second kappa shape index (κ2) is 12.0. The van der Waals surface area contributed by atoms with Gasteiger partial charge in [0.2, 0.25) is 5.89 Å². The first-order chi connectivity index (χ1) is 18.6. The van der Waals surface area contributed by atoms with Gasteiger partial charge in [0.1, 0.15) is 24.3 Å². The summed E-state index contributed by atoms with van der Waals surface area (Å²) in [5.74, 6) is 0.960.